The van der Waals surface area contributed by atoms with Crippen molar-refractivity contribution in [2.45, 2.75) is 32.9 Å². The van der Waals surface area contributed by atoms with E-state index in [0.717, 1.165) is 5.52 Å². The summed E-state index contributed by atoms with van der Waals surface area (Å²) in [4.78, 5) is 12.0. The number of rotatable bonds is 3. The number of carbonyl (C=O) groups is 1. The topological polar surface area (TPSA) is 34.0 Å². The molecule has 3 nitrogen and oxygen atoms in total. The van der Waals surface area contributed by atoms with Crippen LogP contribution in [-0.2, 0) is 4.79 Å². The maximum absolute atomic E-state index is 13.6. The third-order valence-corrected chi connectivity index (χ3v) is 2.94. The minimum absolute atomic E-state index is 0.0632. The first kappa shape index (κ1) is 12.6. The van der Waals surface area contributed by atoms with E-state index < -0.39 is 0 Å². The molecule has 0 spiro atoms. The Kier molecular flexibility index (Phi) is 3.36. The van der Waals surface area contributed by atoms with Crippen molar-refractivity contribution in [3.05, 3.63) is 36.3 Å². The van der Waals surface area contributed by atoms with E-state index in [1.54, 1.807) is 22.9 Å². The van der Waals surface area contributed by atoms with Gasteiger partial charge in [-0.15, -0.1) is 0 Å². The second-order valence-electron chi connectivity index (χ2n) is 4.73. The predicted molar refractivity (Wildman–Crippen MR) is 69.9 cm³/mol. The van der Waals surface area contributed by atoms with Crippen molar-refractivity contribution < 1.29 is 9.18 Å². The largest absolute Gasteiger partial charge is 0.352 e. The zero-order valence-electron chi connectivity index (χ0n) is 10.8. The molecule has 0 radical (unpaired) electrons. The molecule has 0 fully saturated rings. The van der Waals surface area contributed by atoms with Crippen molar-refractivity contribution in [2.75, 3.05) is 0 Å². The lowest BCUT2D eigenvalue weighted by Gasteiger charge is -2.17. The molecule has 18 heavy (non-hydrogen) atoms. The first-order chi connectivity index (χ1) is 8.50. The summed E-state index contributed by atoms with van der Waals surface area (Å²) in [7, 11) is 0. The van der Waals surface area contributed by atoms with Crippen LogP contribution in [0.4, 0.5) is 4.39 Å². The summed E-state index contributed by atoms with van der Waals surface area (Å²) in [6, 6.07) is 6.33. The highest BCUT2D eigenvalue weighted by molar-refractivity contribution is 5.85. The van der Waals surface area contributed by atoms with E-state index in [-0.39, 0.29) is 23.8 Å². The Balaban J connectivity index is 2.37. The van der Waals surface area contributed by atoms with Gasteiger partial charge in [-0.3, -0.25) is 4.79 Å². The van der Waals surface area contributed by atoms with E-state index in [9.17, 15) is 9.18 Å². The van der Waals surface area contributed by atoms with E-state index in [1.807, 2.05) is 26.8 Å². The molecule has 1 N–H and O–H groups in total. The Morgan fingerprint density at radius 1 is 1.28 bits per heavy atom. The maximum Gasteiger partial charge on any atom is 0.242 e. The van der Waals surface area contributed by atoms with Gasteiger partial charge in [0, 0.05) is 17.6 Å². The van der Waals surface area contributed by atoms with Gasteiger partial charge in [0.05, 0.1) is 5.52 Å². The van der Waals surface area contributed by atoms with Crippen molar-refractivity contribution >= 4 is 16.8 Å². The first-order valence-corrected chi connectivity index (χ1v) is 6.06. The molecule has 1 aromatic carbocycles. The minimum Gasteiger partial charge on any atom is -0.352 e. The molecule has 2 aromatic rings. The lowest BCUT2D eigenvalue weighted by molar-refractivity contribution is -0.124. The fraction of sp³-hybridized carbons (Fsp3) is 0.357. The van der Waals surface area contributed by atoms with Crippen LogP contribution in [0.5, 0.6) is 0 Å². The first-order valence-electron chi connectivity index (χ1n) is 6.06. The van der Waals surface area contributed by atoms with Crippen LogP contribution in [0, 0.1) is 5.82 Å². The van der Waals surface area contributed by atoms with Gasteiger partial charge in [-0.1, -0.05) is 6.07 Å². The van der Waals surface area contributed by atoms with Crippen LogP contribution in [0.25, 0.3) is 10.9 Å². The van der Waals surface area contributed by atoms with Crippen molar-refractivity contribution in [1.29, 1.82) is 0 Å². The van der Waals surface area contributed by atoms with Crippen LogP contribution < -0.4 is 5.32 Å². The highest BCUT2D eigenvalue weighted by Gasteiger charge is 2.17. The number of fused-ring (bicyclic) bond motifs is 1. The van der Waals surface area contributed by atoms with Crippen LogP contribution >= 0.6 is 0 Å². The van der Waals surface area contributed by atoms with E-state index in [4.69, 9.17) is 0 Å². The van der Waals surface area contributed by atoms with E-state index in [0.29, 0.717) is 5.39 Å². The highest BCUT2D eigenvalue weighted by atomic mass is 19.1. The molecular formula is C14H17FN2O. The predicted octanol–water partition coefficient (Wildman–Crippen LogP) is 2.87. The number of benzene rings is 1. The Hall–Kier alpha value is -1.84. The average Bonchev–Trinajstić information content (AvgIpc) is 2.72. The number of aromatic nitrogens is 1. The second kappa shape index (κ2) is 4.80. The molecule has 0 aliphatic heterocycles. The number of hydrogen-bond acceptors (Lipinski definition) is 1. The SMILES string of the molecule is CC(C)NC(=O)C(C)n1ccc2c(F)cccc21. The number of carbonyl (C=O) groups excluding carboxylic acids is 1. The van der Waals surface area contributed by atoms with E-state index in [1.165, 1.54) is 6.07 Å². The minimum atomic E-state index is -0.355. The van der Waals surface area contributed by atoms with Gasteiger partial charge >= 0.3 is 0 Å². The second-order valence-corrected chi connectivity index (χ2v) is 4.73. The molecular weight excluding hydrogens is 231 g/mol. The van der Waals surface area contributed by atoms with Gasteiger partial charge < -0.3 is 9.88 Å². The molecule has 1 amide bonds. The van der Waals surface area contributed by atoms with Gasteiger partial charge in [-0.05, 0) is 39.0 Å². The summed E-state index contributed by atoms with van der Waals surface area (Å²) >= 11 is 0. The smallest absolute Gasteiger partial charge is 0.242 e. The standard InChI is InChI=1S/C14H17FN2O/c1-9(2)16-14(18)10(3)17-8-7-11-12(15)5-4-6-13(11)17/h4-10H,1-3H3,(H,16,18). The fourth-order valence-electron chi connectivity index (χ4n) is 2.02. The van der Waals surface area contributed by atoms with Crippen molar-refractivity contribution in [3.8, 4) is 0 Å². The van der Waals surface area contributed by atoms with Gasteiger partial charge in [0.1, 0.15) is 11.9 Å². The molecule has 4 heteroatoms. The zero-order valence-corrected chi connectivity index (χ0v) is 10.8. The summed E-state index contributed by atoms with van der Waals surface area (Å²) in [5, 5.41) is 3.40. The van der Waals surface area contributed by atoms with Gasteiger partial charge in [-0.2, -0.15) is 0 Å². The Morgan fingerprint density at radius 3 is 2.67 bits per heavy atom. The number of nitrogens with one attached hydrogen (secondary N) is 1. The molecule has 0 bridgehead atoms. The molecule has 1 heterocycles. The number of nitrogens with zero attached hydrogens (tertiary/aromatic N) is 1. The number of hydrogen-bond donors (Lipinski definition) is 1. The van der Waals surface area contributed by atoms with Crippen molar-refractivity contribution in [3.63, 3.8) is 0 Å². The van der Waals surface area contributed by atoms with Crippen LogP contribution in [0.2, 0.25) is 0 Å². The van der Waals surface area contributed by atoms with Gasteiger partial charge in [0.2, 0.25) is 5.91 Å². The third-order valence-electron chi connectivity index (χ3n) is 2.94. The Labute approximate surface area is 106 Å². The molecule has 0 saturated carbocycles. The highest BCUT2D eigenvalue weighted by Crippen LogP contribution is 2.22. The fourth-order valence-corrected chi connectivity index (χ4v) is 2.02. The summed E-state index contributed by atoms with van der Waals surface area (Å²) in [6.45, 7) is 5.64. The van der Waals surface area contributed by atoms with E-state index in [2.05, 4.69) is 5.32 Å². The molecule has 0 aliphatic carbocycles. The van der Waals surface area contributed by atoms with Gasteiger partial charge in [0.25, 0.3) is 0 Å². The molecule has 1 unspecified atom stereocenters. The lowest BCUT2D eigenvalue weighted by Crippen LogP contribution is -2.35. The van der Waals surface area contributed by atoms with E-state index >= 15 is 0 Å². The lowest BCUT2D eigenvalue weighted by atomic mass is 10.2. The van der Waals surface area contributed by atoms with Crippen LogP contribution in [0.1, 0.15) is 26.8 Å². The Bertz CT molecular complexity index is 574. The molecule has 1 aromatic heterocycles. The molecule has 96 valence electrons. The number of amides is 1. The maximum atomic E-state index is 13.6. The number of halogens is 1. The van der Waals surface area contributed by atoms with Gasteiger partial charge in [-0.25, -0.2) is 4.39 Å². The molecule has 2 rings (SSSR count). The molecule has 0 aliphatic rings. The van der Waals surface area contributed by atoms with Crippen molar-refractivity contribution in [1.82, 2.24) is 9.88 Å². The molecule has 1 atom stereocenters. The third kappa shape index (κ3) is 2.23. The average molecular weight is 248 g/mol. The van der Waals surface area contributed by atoms with Gasteiger partial charge in [0.15, 0.2) is 0 Å². The summed E-state index contributed by atoms with van der Waals surface area (Å²) in [5.74, 6) is -0.325. The summed E-state index contributed by atoms with van der Waals surface area (Å²) < 4.78 is 15.3. The zero-order chi connectivity index (χ0) is 13.3. The normalized spacial score (nSPS) is 12.9. The monoisotopic (exact) mass is 248 g/mol. The summed E-state index contributed by atoms with van der Waals surface area (Å²) in [5.41, 5.74) is 0.737. The van der Waals surface area contributed by atoms with Crippen LogP contribution in [0.15, 0.2) is 30.5 Å². The summed E-state index contributed by atoms with van der Waals surface area (Å²) in [6.07, 6.45) is 1.75. The van der Waals surface area contributed by atoms with Crippen molar-refractivity contribution in [2.24, 2.45) is 0 Å². The quantitative estimate of drug-likeness (QED) is 0.890. The molecule has 0 saturated heterocycles. The van der Waals surface area contributed by atoms with Crippen LogP contribution in [-0.4, -0.2) is 16.5 Å². The Morgan fingerprint density at radius 2 is 2.00 bits per heavy atom. The van der Waals surface area contributed by atoms with Crippen LogP contribution in [0.3, 0.4) is 0 Å².